The van der Waals surface area contributed by atoms with Crippen molar-refractivity contribution < 1.29 is 9.59 Å². The smallest absolute Gasteiger partial charge is 0.246 e. The molecule has 102 valence electrons. The Hall–Kier alpha value is -1.95. The molecule has 1 aliphatic heterocycles. The van der Waals surface area contributed by atoms with E-state index in [4.69, 9.17) is 0 Å². The topological polar surface area (TPSA) is 74.3 Å². The van der Waals surface area contributed by atoms with E-state index in [1.807, 2.05) is 12.1 Å². The van der Waals surface area contributed by atoms with E-state index in [0.717, 1.165) is 12.1 Å². The summed E-state index contributed by atoms with van der Waals surface area (Å²) in [6.45, 7) is 5.35. The van der Waals surface area contributed by atoms with Crippen LogP contribution in [0.15, 0.2) is 18.3 Å². The highest BCUT2D eigenvalue weighted by molar-refractivity contribution is 6.02. The standard InChI is InChI=1S/C13H18N4O2/c1-3-14-9(2)10-4-5-11(15-6-10)17-7-12(18)16-13(19)8-17/h4-6,9,14H,3,7-8H2,1-2H3,(H,16,18,19). The zero-order valence-electron chi connectivity index (χ0n) is 11.1. The quantitative estimate of drug-likeness (QED) is 0.759. The van der Waals surface area contributed by atoms with Gasteiger partial charge in [-0.2, -0.15) is 0 Å². The molecular formula is C13H18N4O2. The van der Waals surface area contributed by atoms with Gasteiger partial charge < -0.3 is 10.2 Å². The van der Waals surface area contributed by atoms with Crippen molar-refractivity contribution in [3.8, 4) is 0 Å². The molecule has 1 saturated heterocycles. The number of carbonyl (C=O) groups is 2. The predicted molar refractivity (Wildman–Crippen MR) is 71.7 cm³/mol. The molecule has 19 heavy (non-hydrogen) atoms. The van der Waals surface area contributed by atoms with Crippen LogP contribution in [0.5, 0.6) is 0 Å². The van der Waals surface area contributed by atoms with Crippen LogP contribution < -0.4 is 15.5 Å². The summed E-state index contributed by atoms with van der Waals surface area (Å²) in [6, 6.07) is 4.04. The number of aromatic nitrogens is 1. The van der Waals surface area contributed by atoms with Gasteiger partial charge in [-0.25, -0.2) is 4.98 Å². The molecule has 6 nitrogen and oxygen atoms in total. The fraction of sp³-hybridized carbons (Fsp3) is 0.462. The Morgan fingerprint density at radius 1 is 1.37 bits per heavy atom. The molecule has 2 rings (SSSR count). The number of rotatable bonds is 4. The molecule has 0 bridgehead atoms. The summed E-state index contributed by atoms with van der Waals surface area (Å²) >= 11 is 0. The van der Waals surface area contributed by atoms with Crippen LogP contribution in [0.1, 0.15) is 25.5 Å². The number of pyridine rings is 1. The normalized spacial score (nSPS) is 17.3. The molecule has 1 aromatic heterocycles. The number of amides is 2. The Kier molecular flexibility index (Phi) is 4.11. The summed E-state index contributed by atoms with van der Waals surface area (Å²) in [4.78, 5) is 28.6. The minimum atomic E-state index is -0.289. The van der Waals surface area contributed by atoms with E-state index in [1.54, 1.807) is 11.1 Å². The van der Waals surface area contributed by atoms with Crippen LogP contribution in [0.4, 0.5) is 5.82 Å². The largest absolute Gasteiger partial charge is 0.338 e. The van der Waals surface area contributed by atoms with Crippen molar-refractivity contribution in [2.75, 3.05) is 24.5 Å². The van der Waals surface area contributed by atoms with Crippen LogP contribution in [0.2, 0.25) is 0 Å². The number of anilines is 1. The lowest BCUT2D eigenvalue weighted by Crippen LogP contribution is -2.51. The number of nitrogens with zero attached hydrogens (tertiary/aromatic N) is 2. The predicted octanol–water partition coefficient (Wildman–Crippen LogP) is 0.215. The molecule has 0 saturated carbocycles. The molecule has 1 aromatic rings. The minimum absolute atomic E-state index is 0.168. The molecule has 0 aromatic carbocycles. The monoisotopic (exact) mass is 262 g/mol. The summed E-state index contributed by atoms with van der Waals surface area (Å²) in [7, 11) is 0. The molecule has 0 aliphatic carbocycles. The van der Waals surface area contributed by atoms with Crippen LogP contribution in [0.25, 0.3) is 0 Å². The molecular weight excluding hydrogens is 244 g/mol. The fourth-order valence-corrected chi connectivity index (χ4v) is 2.06. The van der Waals surface area contributed by atoms with E-state index < -0.39 is 0 Å². The third kappa shape index (κ3) is 3.29. The maximum absolute atomic E-state index is 11.3. The van der Waals surface area contributed by atoms with Gasteiger partial charge in [0, 0.05) is 12.2 Å². The van der Waals surface area contributed by atoms with Gasteiger partial charge in [0.2, 0.25) is 11.8 Å². The third-order valence-electron chi connectivity index (χ3n) is 3.05. The third-order valence-corrected chi connectivity index (χ3v) is 3.05. The summed E-state index contributed by atoms with van der Waals surface area (Å²) < 4.78 is 0. The molecule has 0 radical (unpaired) electrons. The van der Waals surface area contributed by atoms with Crippen molar-refractivity contribution in [3.63, 3.8) is 0 Å². The first-order valence-corrected chi connectivity index (χ1v) is 6.37. The highest BCUT2D eigenvalue weighted by Gasteiger charge is 2.23. The second-order valence-corrected chi connectivity index (χ2v) is 4.56. The van der Waals surface area contributed by atoms with E-state index in [0.29, 0.717) is 5.82 Å². The van der Waals surface area contributed by atoms with Crippen LogP contribution in [0.3, 0.4) is 0 Å². The molecule has 1 atom stereocenters. The highest BCUT2D eigenvalue weighted by atomic mass is 16.2. The lowest BCUT2D eigenvalue weighted by atomic mass is 10.1. The average molecular weight is 262 g/mol. The van der Waals surface area contributed by atoms with Gasteiger partial charge >= 0.3 is 0 Å². The van der Waals surface area contributed by atoms with Crippen molar-refractivity contribution in [1.82, 2.24) is 15.6 Å². The molecule has 2 N–H and O–H groups in total. The van der Waals surface area contributed by atoms with E-state index >= 15 is 0 Å². The highest BCUT2D eigenvalue weighted by Crippen LogP contribution is 2.16. The van der Waals surface area contributed by atoms with Crippen molar-refractivity contribution in [2.24, 2.45) is 0 Å². The lowest BCUT2D eigenvalue weighted by molar-refractivity contribution is -0.130. The second-order valence-electron chi connectivity index (χ2n) is 4.56. The van der Waals surface area contributed by atoms with Crippen molar-refractivity contribution in [2.45, 2.75) is 19.9 Å². The van der Waals surface area contributed by atoms with Gasteiger partial charge in [0.15, 0.2) is 0 Å². The summed E-state index contributed by atoms with van der Waals surface area (Å²) in [5.41, 5.74) is 1.08. The number of hydrogen-bond donors (Lipinski definition) is 2. The molecule has 1 unspecified atom stereocenters. The van der Waals surface area contributed by atoms with Gasteiger partial charge in [0.05, 0.1) is 13.1 Å². The van der Waals surface area contributed by atoms with E-state index in [2.05, 4.69) is 29.5 Å². The molecule has 2 amide bonds. The Labute approximate surface area is 112 Å². The van der Waals surface area contributed by atoms with Crippen LogP contribution in [-0.4, -0.2) is 36.4 Å². The Bertz CT molecular complexity index is 456. The fourth-order valence-electron chi connectivity index (χ4n) is 2.06. The maximum atomic E-state index is 11.3. The Morgan fingerprint density at radius 2 is 2.05 bits per heavy atom. The van der Waals surface area contributed by atoms with Gasteiger partial charge in [-0.15, -0.1) is 0 Å². The Balaban J connectivity index is 2.09. The second kappa shape index (κ2) is 5.79. The number of piperazine rings is 1. The Morgan fingerprint density at radius 3 is 2.58 bits per heavy atom. The van der Waals surface area contributed by atoms with Gasteiger partial charge in [-0.3, -0.25) is 14.9 Å². The summed E-state index contributed by atoms with van der Waals surface area (Å²) in [5, 5.41) is 5.57. The van der Waals surface area contributed by atoms with Gasteiger partial charge in [-0.05, 0) is 25.1 Å². The van der Waals surface area contributed by atoms with E-state index in [-0.39, 0.29) is 30.9 Å². The average Bonchev–Trinajstić information content (AvgIpc) is 2.38. The SMILES string of the molecule is CCNC(C)c1ccc(N2CC(=O)NC(=O)C2)nc1. The first-order valence-electron chi connectivity index (χ1n) is 6.37. The van der Waals surface area contributed by atoms with Crippen molar-refractivity contribution >= 4 is 17.6 Å². The van der Waals surface area contributed by atoms with Crippen molar-refractivity contribution in [3.05, 3.63) is 23.9 Å². The number of hydrogen-bond acceptors (Lipinski definition) is 5. The maximum Gasteiger partial charge on any atom is 0.246 e. The lowest BCUT2D eigenvalue weighted by Gasteiger charge is -2.26. The van der Waals surface area contributed by atoms with Crippen LogP contribution in [-0.2, 0) is 9.59 Å². The molecule has 2 heterocycles. The van der Waals surface area contributed by atoms with E-state index in [9.17, 15) is 9.59 Å². The summed E-state index contributed by atoms with van der Waals surface area (Å²) in [5.74, 6) is 0.0712. The van der Waals surface area contributed by atoms with Crippen molar-refractivity contribution in [1.29, 1.82) is 0 Å². The first kappa shape index (κ1) is 13.5. The van der Waals surface area contributed by atoms with Gasteiger partial charge in [0.25, 0.3) is 0 Å². The number of imide groups is 1. The molecule has 1 aliphatic rings. The summed E-state index contributed by atoms with van der Waals surface area (Å²) in [6.07, 6.45) is 1.78. The zero-order valence-corrected chi connectivity index (χ0v) is 11.1. The minimum Gasteiger partial charge on any atom is -0.338 e. The number of carbonyl (C=O) groups excluding carboxylic acids is 2. The van der Waals surface area contributed by atoms with Gasteiger partial charge in [-0.1, -0.05) is 13.0 Å². The number of nitrogens with one attached hydrogen (secondary N) is 2. The van der Waals surface area contributed by atoms with Crippen LogP contribution >= 0.6 is 0 Å². The molecule has 0 spiro atoms. The first-order chi connectivity index (χ1) is 9.10. The van der Waals surface area contributed by atoms with Gasteiger partial charge in [0.1, 0.15) is 5.82 Å². The zero-order chi connectivity index (χ0) is 13.8. The molecule has 1 fully saturated rings. The molecule has 6 heteroatoms. The van der Waals surface area contributed by atoms with Crippen LogP contribution in [0, 0.1) is 0 Å². The van der Waals surface area contributed by atoms with E-state index in [1.165, 1.54) is 0 Å².